The van der Waals surface area contributed by atoms with E-state index in [1.165, 1.54) is 17.8 Å². The molecular weight excluding hydrogens is 807 g/mol. The van der Waals surface area contributed by atoms with Crippen molar-refractivity contribution in [2.45, 2.75) is 149 Å². The van der Waals surface area contributed by atoms with Crippen LogP contribution >= 0.6 is 11.3 Å². The van der Waals surface area contributed by atoms with Gasteiger partial charge in [-0.15, -0.1) is 11.3 Å². The van der Waals surface area contributed by atoms with Crippen molar-refractivity contribution in [3.05, 3.63) is 52.5 Å². The lowest BCUT2D eigenvalue weighted by molar-refractivity contribution is -0.146. The number of unbranched alkanes of at least 4 members (excludes halogenated alkanes) is 3. The van der Waals surface area contributed by atoms with Crippen LogP contribution in [0, 0.1) is 17.8 Å². The van der Waals surface area contributed by atoms with Gasteiger partial charge in [0.15, 0.2) is 0 Å². The summed E-state index contributed by atoms with van der Waals surface area (Å²) < 4.78 is 12.0. The lowest BCUT2D eigenvalue weighted by Crippen LogP contribution is -2.55. The predicted octanol–water partition coefficient (Wildman–Crippen LogP) is 6.40. The molecule has 0 aliphatic carbocycles. The molecule has 4 amide bonds. The van der Waals surface area contributed by atoms with Gasteiger partial charge in [-0.05, 0) is 63.1 Å². The Morgan fingerprint density at radius 2 is 1.65 bits per heavy atom. The minimum absolute atomic E-state index is 0.00477. The molecule has 4 N–H and O–H groups in total. The molecule has 3 rings (SSSR count). The largest absolute Gasteiger partial charge is 0.379 e. The summed E-state index contributed by atoms with van der Waals surface area (Å²) in [6.07, 6.45) is 8.57. The van der Waals surface area contributed by atoms with Crippen LogP contribution in [-0.4, -0.2) is 128 Å². The van der Waals surface area contributed by atoms with Crippen LogP contribution in [0.1, 0.15) is 123 Å². The average molecular weight is 888 g/mol. The molecule has 1 fully saturated rings. The van der Waals surface area contributed by atoms with Gasteiger partial charge in [-0.1, -0.05) is 104 Å². The number of ether oxygens (including phenoxy) is 2. The zero-order chi connectivity index (χ0) is 46.2. The first-order chi connectivity index (χ1) is 29.7. The van der Waals surface area contributed by atoms with Crippen LogP contribution in [0.15, 0.2) is 41.9 Å². The second kappa shape index (κ2) is 29.8. The fourth-order valence-electron chi connectivity index (χ4n) is 8.53. The molecule has 0 saturated carbocycles. The maximum absolute atomic E-state index is 14.2. The Morgan fingerprint density at radius 1 is 0.968 bits per heavy atom. The van der Waals surface area contributed by atoms with Crippen LogP contribution in [0.25, 0.3) is 0 Å². The molecule has 15 heteroatoms. The quantitative estimate of drug-likeness (QED) is 0.0675. The Morgan fingerprint density at radius 3 is 2.23 bits per heavy atom. The van der Waals surface area contributed by atoms with Crippen molar-refractivity contribution in [1.29, 1.82) is 0 Å². The number of amides is 4. The number of nitrogens with two attached hydrogens (primary N) is 1. The topological polar surface area (TPSA) is 169 Å². The number of likely N-dealkylation sites (N-methyl/N-ethyl adjacent to an activating group) is 2. The number of thiazole rings is 1. The maximum Gasteiger partial charge on any atom is 0.242 e. The highest BCUT2D eigenvalue weighted by molar-refractivity contribution is 7.09. The van der Waals surface area contributed by atoms with Crippen molar-refractivity contribution in [2.75, 3.05) is 54.6 Å². The zero-order valence-corrected chi connectivity index (χ0v) is 40.6. The van der Waals surface area contributed by atoms with Gasteiger partial charge < -0.3 is 34.7 Å². The lowest BCUT2D eigenvalue weighted by Gasteiger charge is -2.39. The smallest absolute Gasteiger partial charge is 0.242 e. The number of nitrogens with zero attached hydrogens (tertiary/aromatic N) is 4. The summed E-state index contributed by atoms with van der Waals surface area (Å²) in [7, 11) is 6.84. The summed E-state index contributed by atoms with van der Waals surface area (Å²) >= 11 is 1.50. The summed E-state index contributed by atoms with van der Waals surface area (Å²) in [6.45, 7) is 15.9. The van der Waals surface area contributed by atoms with Crippen molar-refractivity contribution in [3.8, 4) is 0 Å². The second-order valence-electron chi connectivity index (χ2n) is 17.1. The first-order valence-corrected chi connectivity index (χ1v) is 23.7. The van der Waals surface area contributed by atoms with Crippen LogP contribution in [0.2, 0.25) is 0 Å². The fraction of sp³-hybridized carbons (Fsp3) is 0.723. The number of likely N-dealkylation sites (tertiary alicyclic amines) is 1. The molecule has 2 aromatic rings. The number of carbonyl (C=O) groups excluding carboxylic acids is 4. The molecule has 1 aliphatic rings. The van der Waals surface area contributed by atoms with Gasteiger partial charge in [0.05, 0.1) is 61.9 Å². The van der Waals surface area contributed by atoms with Gasteiger partial charge >= 0.3 is 0 Å². The van der Waals surface area contributed by atoms with Crippen molar-refractivity contribution in [2.24, 2.45) is 23.7 Å². The highest BCUT2D eigenvalue weighted by Gasteiger charge is 2.42. The first-order valence-electron chi connectivity index (χ1n) is 22.8. The monoisotopic (exact) mass is 888 g/mol. The third kappa shape index (κ3) is 17.2. The normalized spacial score (nSPS) is 17.3. The van der Waals surface area contributed by atoms with E-state index in [-0.39, 0.29) is 66.6 Å². The molecular formula is C47H81N7O7S. The Bertz CT molecular complexity index is 1550. The first kappa shape index (κ1) is 54.7. The fourth-order valence-corrected chi connectivity index (χ4v) is 9.22. The van der Waals surface area contributed by atoms with E-state index in [2.05, 4.69) is 39.2 Å². The SMILES string of the molecule is CCC.CCC(C)C(C(CC(=O)N1CCCC1C(OC)C(C)C(=O)NC(Cc1ccccc1)c1nccs1)OC)N(C)C(=O)CNC(=O)C(C(C)C)N(C)CCCCCCON. The molecule has 1 aliphatic heterocycles. The Labute approximate surface area is 377 Å². The number of aromatic nitrogens is 1. The second-order valence-corrected chi connectivity index (χ2v) is 18.1. The van der Waals surface area contributed by atoms with Gasteiger partial charge in [-0.25, -0.2) is 10.9 Å². The van der Waals surface area contributed by atoms with Crippen LogP contribution in [0.5, 0.6) is 0 Å². The molecule has 62 heavy (non-hydrogen) atoms. The third-order valence-electron chi connectivity index (χ3n) is 12.0. The summed E-state index contributed by atoms with van der Waals surface area (Å²) in [5.74, 6) is 3.88. The summed E-state index contributed by atoms with van der Waals surface area (Å²) in [6, 6.07) is 8.57. The van der Waals surface area contributed by atoms with Crippen molar-refractivity contribution < 1.29 is 33.5 Å². The van der Waals surface area contributed by atoms with Crippen LogP contribution < -0.4 is 16.5 Å². The molecule has 8 unspecified atom stereocenters. The van der Waals surface area contributed by atoms with Crippen molar-refractivity contribution >= 4 is 35.0 Å². The molecule has 352 valence electrons. The van der Waals surface area contributed by atoms with E-state index in [1.807, 2.05) is 82.3 Å². The number of methoxy groups -OCH3 is 2. The van der Waals surface area contributed by atoms with E-state index in [9.17, 15) is 19.2 Å². The van der Waals surface area contributed by atoms with E-state index >= 15 is 0 Å². The highest BCUT2D eigenvalue weighted by atomic mass is 32.1. The third-order valence-corrected chi connectivity index (χ3v) is 12.9. The van der Waals surface area contributed by atoms with E-state index in [4.69, 9.17) is 15.4 Å². The van der Waals surface area contributed by atoms with Crippen molar-refractivity contribution in [1.82, 2.24) is 30.3 Å². The van der Waals surface area contributed by atoms with Gasteiger partial charge in [0.1, 0.15) is 5.01 Å². The molecule has 0 radical (unpaired) electrons. The number of benzene rings is 1. The highest BCUT2D eigenvalue weighted by Crippen LogP contribution is 2.30. The van der Waals surface area contributed by atoms with Crippen LogP contribution in [0.3, 0.4) is 0 Å². The van der Waals surface area contributed by atoms with Gasteiger partial charge in [0.2, 0.25) is 23.6 Å². The predicted molar refractivity (Wildman–Crippen MR) is 248 cm³/mol. The van der Waals surface area contributed by atoms with Gasteiger partial charge in [-0.3, -0.25) is 24.1 Å². The molecule has 2 heterocycles. The maximum atomic E-state index is 14.2. The molecule has 1 aromatic heterocycles. The summed E-state index contributed by atoms with van der Waals surface area (Å²) in [5, 5.41) is 8.87. The van der Waals surface area contributed by atoms with Crippen LogP contribution in [0.4, 0.5) is 0 Å². The van der Waals surface area contributed by atoms with Crippen molar-refractivity contribution in [3.63, 3.8) is 0 Å². The lowest BCUT2D eigenvalue weighted by atomic mass is 9.90. The van der Waals surface area contributed by atoms with E-state index < -0.39 is 24.2 Å². The molecule has 8 atom stereocenters. The minimum Gasteiger partial charge on any atom is -0.379 e. The average Bonchev–Trinajstić information content (AvgIpc) is 3.98. The van der Waals surface area contributed by atoms with Gasteiger partial charge in [0.25, 0.3) is 0 Å². The number of hydrogen-bond donors (Lipinski definition) is 3. The molecule has 1 saturated heterocycles. The molecule has 0 spiro atoms. The Kier molecular flexibility index (Phi) is 26.3. The Balaban J connectivity index is 0.00000428. The summed E-state index contributed by atoms with van der Waals surface area (Å²) in [4.78, 5) is 70.1. The van der Waals surface area contributed by atoms with Gasteiger partial charge in [-0.2, -0.15) is 0 Å². The van der Waals surface area contributed by atoms with E-state index in [1.54, 1.807) is 32.4 Å². The Hall–Kier alpha value is -3.47. The van der Waals surface area contributed by atoms with Gasteiger partial charge in [0, 0.05) is 39.4 Å². The molecule has 1 aromatic carbocycles. The number of rotatable bonds is 27. The van der Waals surface area contributed by atoms with E-state index in [0.717, 1.165) is 55.6 Å². The summed E-state index contributed by atoms with van der Waals surface area (Å²) in [5.41, 5.74) is 1.09. The number of hydrogen-bond acceptors (Lipinski definition) is 11. The van der Waals surface area contributed by atoms with Crippen LogP contribution in [-0.2, 0) is 39.9 Å². The standard InChI is InChI=1S/C44H73N7O7S.C3H8/c1-10-31(4)40(50(7)38(53)29-47-43(55)39(30(2)3)49(6)23-16-11-12-17-25-58-45)36(56-8)28-37(52)51-24-18-21-35(51)41(57-9)32(5)42(54)48-34(44-46-22-26-59-44)27-33-19-14-13-15-20-33;1-3-2/h13-15,19-20,22,26,30-32,34-36,39-41H,10-12,16-18,21,23-25,27-29,45H2,1-9H3,(H,47,55)(H,48,54);3H2,1-2H3. The molecule has 14 nitrogen and oxygen atoms in total. The molecule has 0 bridgehead atoms. The minimum atomic E-state index is -0.604. The number of carbonyl (C=O) groups is 4. The van der Waals surface area contributed by atoms with E-state index in [0.29, 0.717) is 26.0 Å². The number of nitrogens with one attached hydrogen (secondary N) is 2. The zero-order valence-electron chi connectivity index (χ0n) is 39.8.